The van der Waals surface area contributed by atoms with Crippen LogP contribution in [-0.4, -0.2) is 84.0 Å². The lowest BCUT2D eigenvalue weighted by atomic mass is 9.87. The Balaban J connectivity index is 0.000000210. The maximum atomic E-state index is 12.3. The molecule has 89 heavy (non-hydrogen) atoms. The molecule has 0 aromatic heterocycles. The van der Waals surface area contributed by atoms with E-state index in [-0.39, 0.29) is 76.1 Å². The van der Waals surface area contributed by atoms with Gasteiger partial charge in [0.1, 0.15) is 45.3 Å². The van der Waals surface area contributed by atoms with Crippen molar-refractivity contribution in [1.29, 1.82) is 0 Å². The summed E-state index contributed by atoms with van der Waals surface area (Å²) < 4.78 is 86.5. The van der Waals surface area contributed by atoms with E-state index in [1.807, 2.05) is 113 Å². The molecule has 19 heteroatoms. The number of hydrogen-bond acceptors (Lipinski definition) is 15. The first kappa shape index (κ1) is 73.1. The monoisotopic (exact) mass is 1270 g/mol. The molecule has 3 fully saturated rings. The average Bonchev–Trinajstić information content (AvgIpc) is 1.59. The Morgan fingerprint density at radius 3 is 1.48 bits per heavy atom. The van der Waals surface area contributed by atoms with Gasteiger partial charge in [0.05, 0.1) is 44.6 Å². The van der Waals surface area contributed by atoms with Gasteiger partial charge in [-0.2, -0.15) is 0 Å². The number of aromatic hydroxyl groups is 1. The number of carbonyl (C=O) groups excluding carboxylic acids is 5. The van der Waals surface area contributed by atoms with Crippen LogP contribution in [0.3, 0.4) is 0 Å². The maximum absolute atomic E-state index is 12.3. The van der Waals surface area contributed by atoms with Crippen LogP contribution in [0.1, 0.15) is 165 Å². The fraction of sp³-hybridized carbons (Fsp3) is 0.500. The molecule has 0 radical (unpaired) electrons. The third-order valence-corrected chi connectivity index (χ3v) is 19.8. The molecule has 2 bridgehead atoms. The van der Waals surface area contributed by atoms with Crippen LogP contribution in [0.2, 0.25) is 0 Å². The molecule has 6 unspecified atom stereocenters. The van der Waals surface area contributed by atoms with Gasteiger partial charge < -0.3 is 38.1 Å². The summed E-state index contributed by atoms with van der Waals surface area (Å²) in [4.78, 5) is 63.6. The zero-order chi connectivity index (χ0) is 66.1. The topological polar surface area (TPSA) is 218 Å². The molecular weight excluding hydrogens is 1180 g/mol. The van der Waals surface area contributed by atoms with Gasteiger partial charge in [-0.3, -0.25) is 24.0 Å². The van der Waals surface area contributed by atoms with E-state index in [0.29, 0.717) is 24.3 Å². The van der Waals surface area contributed by atoms with Crippen molar-refractivity contribution < 1.29 is 79.3 Å². The van der Waals surface area contributed by atoms with Crippen LogP contribution in [0.15, 0.2) is 148 Å². The number of hydrogen-bond donors (Lipinski definition) is 1. The van der Waals surface area contributed by atoms with Crippen molar-refractivity contribution in [2.75, 3.05) is 5.75 Å². The van der Waals surface area contributed by atoms with Gasteiger partial charge in [0, 0.05) is 6.42 Å². The number of halogens is 2. The van der Waals surface area contributed by atoms with Gasteiger partial charge >= 0.3 is 29.8 Å². The highest BCUT2D eigenvalue weighted by Crippen LogP contribution is 2.48. The third kappa shape index (κ3) is 20.9. The molecule has 3 saturated heterocycles. The van der Waals surface area contributed by atoms with E-state index in [2.05, 4.69) is 78.9 Å². The number of aryl methyl sites for hydroxylation is 1. The standard InChI is InChI=1S/C24H25O2S.C17H24O2.C13H18O5.C12H16O3.C4H8F2O3S/c1-4-24(2,3)23(25)26-19-15-17-22(18-16-19)27(20-11-7-5-8-12-20)21-13-9-6-10-14-21;1-4-17(2,3)16(18)19-15-12-8-6-10-13-9-5-7-11-14(13)15;1-4-13(2,3)12(15)18-9-7-5-6-8(16-7)10(9)17-11(6)14;1-4-12(2,3)11(14)15-10-7-5-9(13)6-8-10;1-2-4(5,6)3-10(7,8)9/h5-18H,4H2,1-3H3;5,7,9,11,15H,4,6,8,10,12H2,1-3H3;6-10H,4-5H2,1-3H3;5-8,13H,4H2,1-3H3;2-3H2,1H3,(H,7,8,9)/q+1;;;;/p-1. The largest absolute Gasteiger partial charge is 0.748 e. The maximum Gasteiger partial charge on any atom is 0.316 e. The zero-order valence-corrected chi connectivity index (χ0v) is 55.3. The molecule has 486 valence electrons. The number of fused-ring (bicyclic) bond motifs is 2. The Hall–Kier alpha value is -6.67. The quantitative estimate of drug-likeness (QED) is 0.0215. The molecule has 0 saturated carbocycles. The lowest BCUT2D eigenvalue weighted by Crippen LogP contribution is -2.42. The van der Waals surface area contributed by atoms with Crippen molar-refractivity contribution in [2.45, 2.75) is 205 Å². The number of esters is 5. The van der Waals surface area contributed by atoms with Crippen LogP contribution in [0.25, 0.3) is 0 Å². The lowest BCUT2D eigenvalue weighted by Gasteiger charge is -2.27. The predicted molar refractivity (Wildman–Crippen MR) is 336 cm³/mol. The molecule has 15 nitrogen and oxygen atoms in total. The molecule has 0 spiro atoms. The van der Waals surface area contributed by atoms with Gasteiger partial charge in [0.2, 0.25) is 0 Å². The van der Waals surface area contributed by atoms with E-state index in [4.69, 9.17) is 33.5 Å². The highest BCUT2D eigenvalue weighted by atomic mass is 32.2. The van der Waals surface area contributed by atoms with Crippen molar-refractivity contribution in [1.82, 2.24) is 0 Å². The number of ether oxygens (including phenoxy) is 6. The number of carbonyl (C=O) groups is 5. The van der Waals surface area contributed by atoms with E-state index in [9.17, 15) is 45.7 Å². The number of phenolic OH excluding ortho intramolecular Hbond substituents is 1. The van der Waals surface area contributed by atoms with Gasteiger partial charge in [-0.25, -0.2) is 17.2 Å². The number of rotatable bonds is 18. The Kier molecular flexibility index (Phi) is 26.2. The van der Waals surface area contributed by atoms with Crippen LogP contribution in [-0.2, 0) is 70.4 Å². The van der Waals surface area contributed by atoms with Crippen LogP contribution in [0.5, 0.6) is 17.2 Å². The van der Waals surface area contributed by atoms with Crippen LogP contribution < -0.4 is 9.47 Å². The molecule has 5 aromatic carbocycles. The van der Waals surface area contributed by atoms with E-state index in [1.54, 1.807) is 12.1 Å². The van der Waals surface area contributed by atoms with Crippen molar-refractivity contribution >= 4 is 50.9 Å². The Labute approximate surface area is 528 Å². The minimum absolute atomic E-state index is 0.0583. The minimum atomic E-state index is -4.79. The van der Waals surface area contributed by atoms with Gasteiger partial charge in [0.15, 0.2) is 26.9 Å². The number of phenols is 1. The fourth-order valence-electron chi connectivity index (χ4n) is 9.06. The van der Waals surface area contributed by atoms with Gasteiger partial charge in [-0.05, 0) is 197 Å². The smallest absolute Gasteiger partial charge is 0.316 e. The Bertz CT molecular complexity index is 3180. The molecule has 3 aliphatic heterocycles. The lowest BCUT2D eigenvalue weighted by molar-refractivity contribution is -0.169. The van der Waals surface area contributed by atoms with E-state index >= 15 is 0 Å². The highest BCUT2D eigenvalue weighted by molar-refractivity contribution is 7.97. The minimum Gasteiger partial charge on any atom is -0.748 e. The molecule has 1 aliphatic carbocycles. The summed E-state index contributed by atoms with van der Waals surface area (Å²) in [5, 5.41) is 9.06. The van der Waals surface area contributed by atoms with Crippen molar-refractivity contribution in [3.05, 3.63) is 145 Å². The summed E-state index contributed by atoms with van der Waals surface area (Å²) >= 11 is 0. The summed E-state index contributed by atoms with van der Waals surface area (Å²) in [5.41, 5.74) is 0.701. The van der Waals surface area contributed by atoms with Crippen molar-refractivity contribution in [2.24, 2.45) is 27.6 Å². The van der Waals surface area contributed by atoms with Gasteiger partial charge in [0.25, 0.3) is 5.92 Å². The summed E-state index contributed by atoms with van der Waals surface area (Å²) in [5.74, 6) is -4.88. The first-order valence-electron chi connectivity index (χ1n) is 30.6. The molecule has 6 atom stereocenters. The fourth-order valence-corrected chi connectivity index (χ4v) is 11.9. The normalized spacial score (nSPS) is 19.3. The SMILES string of the molecule is CCC(C)(C)C(=O)OC1C2CC3C(=O)OC1C3O2.CCC(C)(C)C(=O)OC1CCCCc2ccccc21.CCC(C)(C)C(=O)Oc1ccc(O)cc1.CCC(C)(C)C(=O)Oc1ccc([S+](c2ccccc2)c2ccccc2)cc1.CCC(F)(F)CS(=O)(=O)[O-]. The molecule has 4 aliphatic rings. The Morgan fingerprint density at radius 1 is 0.584 bits per heavy atom. The van der Waals surface area contributed by atoms with Crippen molar-refractivity contribution in [3.8, 4) is 17.2 Å². The highest BCUT2D eigenvalue weighted by Gasteiger charge is 2.65. The molecule has 5 aromatic rings. The van der Waals surface area contributed by atoms with Crippen molar-refractivity contribution in [3.63, 3.8) is 0 Å². The second kappa shape index (κ2) is 31.9. The molecule has 3 heterocycles. The summed E-state index contributed by atoms with van der Waals surface area (Å²) in [6.45, 7) is 24.2. The van der Waals surface area contributed by atoms with Crippen LogP contribution in [0, 0.1) is 27.6 Å². The summed E-state index contributed by atoms with van der Waals surface area (Å²) in [6, 6.07) is 43.4. The van der Waals surface area contributed by atoms with E-state index in [1.165, 1.54) is 44.4 Å². The van der Waals surface area contributed by atoms with Crippen LogP contribution in [0.4, 0.5) is 8.78 Å². The first-order chi connectivity index (χ1) is 41.7. The second-order valence-electron chi connectivity index (χ2n) is 25.1. The van der Waals surface area contributed by atoms with Gasteiger partial charge in [-0.1, -0.05) is 95.3 Å². The molecule has 1 N–H and O–H groups in total. The summed E-state index contributed by atoms with van der Waals surface area (Å²) in [7, 11) is -4.99. The zero-order valence-electron chi connectivity index (χ0n) is 53.7. The first-order valence-corrected chi connectivity index (χ1v) is 33.4. The summed E-state index contributed by atoms with van der Waals surface area (Å²) in [6.07, 6.45) is 6.08. The second-order valence-corrected chi connectivity index (χ2v) is 28.6. The van der Waals surface area contributed by atoms with E-state index < -0.39 is 56.7 Å². The van der Waals surface area contributed by atoms with Crippen LogP contribution >= 0.6 is 0 Å². The van der Waals surface area contributed by atoms with E-state index in [0.717, 1.165) is 45.4 Å². The average molecular weight is 1270 g/mol. The van der Waals surface area contributed by atoms with Gasteiger partial charge in [-0.15, -0.1) is 0 Å². The predicted octanol–water partition coefficient (Wildman–Crippen LogP) is 14.9. The third-order valence-electron chi connectivity index (χ3n) is 16.8. The molecule has 0 amide bonds. The molecule has 9 rings (SSSR count). The molecular formula is C70H90F2O15S2. The Morgan fingerprint density at radius 2 is 1.02 bits per heavy atom. The number of benzene rings is 5. The number of alkyl halides is 2.